The van der Waals surface area contributed by atoms with E-state index in [1.165, 1.54) is 0 Å². The van der Waals surface area contributed by atoms with Crippen LogP contribution in [0, 0.1) is 0 Å². The Hall–Kier alpha value is -1.24. The Morgan fingerprint density at radius 3 is 2.83 bits per heavy atom. The first-order valence-corrected chi connectivity index (χ1v) is 6.54. The molecule has 0 unspecified atom stereocenters. The molecule has 0 bridgehead atoms. The molecule has 0 aliphatic carbocycles. The molecule has 4 nitrogen and oxygen atoms in total. The molecule has 0 spiro atoms. The second-order valence-electron chi connectivity index (χ2n) is 3.82. The molecule has 1 aliphatic rings. The van der Waals surface area contributed by atoms with Crippen molar-refractivity contribution in [2.24, 2.45) is 0 Å². The van der Waals surface area contributed by atoms with Gasteiger partial charge in [0.1, 0.15) is 5.70 Å². The predicted molar refractivity (Wildman–Crippen MR) is 80.4 cm³/mol. The van der Waals surface area contributed by atoms with Gasteiger partial charge >= 0.3 is 5.97 Å². The lowest BCUT2D eigenvalue weighted by Gasteiger charge is -2.23. The summed E-state index contributed by atoms with van der Waals surface area (Å²) in [7, 11) is 1.85. The normalized spacial score (nSPS) is 15.6. The highest BCUT2D eigenvalue weighted by atomic mass is 127. The SMILES string of the molecule is C=C1C=CN(C(=CN(C)I)C(=O)OCC)C=C1C. The minimum absolute atomic E-state index is 0.345. The van der Waals surface area contributed by atoms with E-state index >= 15 is 0 Å². The minimum atomic E-state index is -0.345. The second-order valence-corrected chi connectivity index (χ2v) is 5.34. The Kier molecular flexibility index (Phi) is 5.46. The summed E-state index contributed by atoms with van der Waals surface area (Å²) in [4.78, 5) is 13.7. The maximum absolute atomic E-state index is 11.9. The van der Waals surface area contributed by atoms with Gasteiger partial charge in [0.15, 0.2) is 0 Å². The fraction of sp³-hybridized carbons (Fsp3) is 0.308. The molecule has 0 saturated heterocycles. The van der Waals surface area contributed by atoms with Crippen molar-refractivity contribution in [3.05, 3.63) is 48.1 Å². The lowest BCUT2D eigenvalue weighted by atomic mass is 10.1. The zero-order valence-corrected chi connectivity index (χ0v) is 13.0. The fourth-order valence-electron chi connectivity index (χ4n) is 1.38. The molecule has 0 N–H and O–H groups in total. The van der Waals surface area contributed by atoms with Crippen LogP contribution in [-0.2, 0) is 9.53 Å². The van der Waals surface area contributed by atoms with Gasteiger partial charge in [0.05, 0.1) is 29.5 Å². The lowest BCUT2D eigenvalue weighted by Crippen LogP contribution is -2.23. The minimum Gasteiger partial charge on any atom is -0.461 e. The van der Waals surface area contributed by atoms with Gasteiger partial charge in [-0.05, 0) is 31.1 Å². The first-order chi connectivity index (χ1) is 8.45. The molecule has 0 amide bonds. The quantitative estimate of drug-likeness (QED) is 0.334. The van der Waals surface area contributed by atoms with Gasteiger partial charge in [-0.15, -0.1) is 0 Å². The number of carbonyl (C=O) groups is 1. The van der Waals surface area contributed by atoms with Crippen LogP contribution in [-0.4, -0.2) is 27.6 Å². The fourth-order valence-corrected chi connectivity index (χ4v) is 1.65. The van der Waals surface area contributed by atoms with Gasteiger partial charge in [0, 0.05) is 25.6 Å². The largest absolute Gasteiger partial charge is 0.461 e. The zero-order chi connectivity index (χ0) is 13.7. The molecule has 18 heavy (non-hydrogen) atoms. The van der Waals surface area contributed by atoms with Crippen molar-refractivity contribution in [2.75, 3.05) is 13.7 Å². The maximum Gasteiger partial charge on any atom is 0.356 e. The Morgan fingerprint density at radius 1 is 1.67 bits per heavy atom. The third kappa shape index (κ3) is 3.90. The highest BCUT2D eigenvalue weighted by Gasteiger charge is 2.18. The third-order valence-corrected chi connectivity index (χ3v) is 2.62. The van der Waals surface area contributed by atoms with Gasteiger partial charge in [0.2, 0.25) is 0 Å². The van der Waals surface area contributed by atoms with Crippen molar-refractivity contribution in [3.63, 3.8) is 0 Å². The van der Waals surface area contributed by atoms with E-state index in [4.69, 9.17) is 4.74 Å². The summed E-state index contributed by atoms with van der Waals surface area (Å²) in [5.74, 6) is -0.345. The van der Waals surface area contributed by atoms with Crippen molar-refractivity contribution >= 4 is 28.8 Å². The van der Waals surface area contributed by atoms with Crippen LogP contribution >= 0.6 is 22.9 Å². The molecule has 0 atom stereocenters. The summed E-state index contributed by atoms with van der Waals surface area (Å²) in [5, 5.41) is 0. The number of carbonyl (C=O) groups excluding carboxylic acids is 1. The van der Waals surface area contributed by atoms with E-state index in [9.17, 15) is 4.79 Å². The molecule has 0 aromatic rings. The second kappa shape index (κ2) is 6.63. The van der Waals surface area contributed by atoms with Crippen molar-refractivity contribution < 1.29 is 9.53 Å². The number of ether oxygens (including phenoxy) is 1. The van der Waals surface area contributed by atoms with Crippen LogP contribution in [0.3, 0.4) is 0 Å². The Bertz CT molecular complexity index is 436. The molecule has 0 saturated carbocycles. The number of halogens is 1. The van der Waals surface area contributed by atoms with Crippen LogP contribution in [0.15, 0.2) is 48.1 Å². The average molecular weight is 360 g/mol. The molecule has 1 aliphatic heterocycles. The van der Waals surface area contributed by atoms with Crippen molar-refractivity contribution in [1.82, 2.24) is 8.01 Å². The number of rotatable bonds is 4. The van der Waals surface area contributed by atoms with Gasteiger partial charge in [-0.1, -0.05) is 6.58 Å². The Labute approximate surface area is 122 Å². The molecular weight excluding hydrogens is 343 g/mol. The molecule has 0 fully saturated rings. The van der Waals surface area contributed by atoms with E-state index in [1.807, 2.05) is 26.2 Å². The number of esters is 1. The Morgan fingerprint density at radius 2 is 2.33 bits per heavy atom. The maximum atomic E-state index is 11.9. The van der Waals surface area contributed by atoms with Crippen LogP contribution < -0.4 is 0 Å². The van der Waals surface area contributed by atoms with Crippen molar-refractivity contribution in [2.45, 2.75) is 13.8 Å². The molecule has 0 radical (unpaired) electrons. The number of hydrogen-bond acceptors (Lipinski definition) is 4. The summed E-state index contributed by atoms with van der Waals surface area (Å²) >= 11 is 2.09. The first kappa shape index (κ1) is 14.8. The molecule has 5 heteroatoms. The highest BCUT2D eigenvalue weighted by molar-refractivity contribution is 14.1. The zero-order valence-electron chi connectivity index (χ0n) is 10.8. The smallest absolute Gasteiger partial charge is 0.356 e. The molecule has 1 rings (SSSR count). The predicted octanol–water partition coefficient (Wildman–Crippen LogP) is 2.96. The summed E-state index contributed by atoms with van der Waals surface area (Å²) in [6, 6.07) is 0. The molecule has 0 aromatic carbocycles. The average Bonchev–Trinajstić information content (AvgIpc) is 2.30. The van der Waals surface area contributed by atoms with Crippen LogP contribution in [0.5, 0.6) is 0 Å². The lowest BCUT2D eigenvalue weighted by molar-refractivity contribution is -0.139. The molecule has 98 valence electrons. The van der Waals surface area contributed by atoms with Gasteiger partial charge in [-0.25, -0.2) is 4.79 Å². The number of nitrogens with zero attached hydrogens (tertiary/aromatic N) is 2. The molecule has 1 heterocycles. The van der Waals surface area contributed by atoms with Gasteiger partial charge in [-0.3, -0.25) is 0 Å². The molecule has 0 aromatic heterocycles. The topological polar surface area (TPSA) is 32.8 Å². The summed E-state index contributed by atoms with van der Waals surface area (Å²) in [5.41, 5.74) is 2.43. The van der Waals surface area contributed by atoms with Gasteiger partial charge < -0.3 is 12.8 Å². The monoisotopic (exact) mass is 360 g/mol. The van der Waals surface area contributed by atoms with Crippen LogP contribution in [0.4, 0.5) is 0 Å². The van der Waals surface area contributed by atoms with E-state index in [0.29, 0.717) is 12.3 Å². The van der Waals surface area contributed by atoms with Crippen LogP contribution in [0.1, 0.15) is 13.8 Å². The van der Waals surface area contributed by atoms with Gasteiger partial charge in [0.25, 0.3) is 0 Å². The van der Waals surface area contributed by atoms with E-state index in [-0.39, 0.29) is 5.97 Å². The van der Waals surface area contributed by atoms with E-state index in [2.05, 4.69) is 29.4 Å². The highest BCUT2D eigenvalue weighted by Crippen LogP contribution is 2.21. The number of hydrogen-bond donors (Lipinski definition) is 0. The summed E-state index contributed by atoms with van der Waals surface area (Å²) in [6.45, 7) is 8.00. The van der Waals surface area contributed by atoms with E-state index in [0.717, 1.165) is 11.1 Å². The third-order valence-electron chi connectivity index (χ3n) is 2.34. The van der Waals surface area contributed by atoms with Crippen molar-refractivity contribution in [3.8, 4) is 0 Å². The van der Waals surface area contributed by atoms with Crippen molar-refractivity contribution in [1.29, 1.82) is 0 Å². The first-order valence-electron chi connectivity index (χ1n) is 5.57. The van der Waals surface area contributed by atoms with Gasteiger partial charge in [-0.2, -0.15) is 0 Å². The standard InChI is InChI=1S/C13H17IN2O2/c1-5-18-13(17)12(9-15(4)14)16-7-6-10(2)11(3)8-16/h6-9H,2,5H2,1,3-4H3. The Balaban J connectivity index is 3.02. The van der Waals surface area contributed by atoms with Crippen LogP contribution in [0.25, 0.3) is 0 Å². The molecular formula is C13H17IN2O2. The van der Waals surface area contributed by atoms with E-state index in [1.54, 1.807) is 27.3 Å². The van der Waals surface area contributed by atoms with E-state index < -0.39 is 0 Å². The summed E-state index contributed by atoms with van der Waals surface area (Å²) < 4.78 is 6.84. The van der Waals surface area contributed by atoms with Crippen LogP contribution in [0.2, 0.25) is 0 Å². The summed E-state index contributed by atoms with van der Waals surface area (Å²) in [6.07, 6.45) is 7.26. The number of allylic oxidation sites excluding steroid dienone is 3.